The largest absolute Gasteiger partial charge is 0.383 e. The summed E-state index contributed by atoms with van der Waals surface area (Å²) in [6, 6.07) is 10.3. The van der Waals surface area contributed by atoms with E-state index in [9.17, 15) is 13.6 Å². The second-order valence-corrected chi connectivity index (χ2v) is 6.27. The molecule has 2 aromatic carbocycles. The van der Waals surface area contributed by atoms with Crippen LogP contribution in [0.25, 0.3) is 10.9 Å². The molecule has 0 bridgehead atoms. The zero-order valence-electron chi connectivity index (χ0n) is 15.1. The third-order valence-corrected chi connectivity index (χ3v) is 4.36. The molecule has 5 nitrogen and oxygen atoms in total. The minimum absolute atomic E-state index is 0.426. The van der Waals surface area contributed by atoms with Crippen LogP contribution in [0.2, 0.25) is 0 Å². The predicted octanol–water partition coefficient (Wildman–Crippen LogP) is 4.45. The molecule has 2 amide bonds. The number of nitrogens with one attached hydrogen (secondary N) is 2. The van der Waals surface area contributed by atoms with Gasteiger partial charge in [0.15, 0.2) is 11.6 Å². The SMILES string of the molecule is COCCn1ccc2cc(NC(=O)NC(C)c3ccc(F)c(F)c3)ccc21. The van der Waals surface area contributed by atoms with E-state index in [-0.39, 0.29) is 0 Å². The monoisotopic (exact) mass is 373 g/mol. The third kappa shape index (κ3) is 4.43. The van der Waals surface area contributed by atoms with Crippen LogP contribution in [-0.4, -0.2) is 24.3 Å². The summed E-state index contributed by atoms with van der Waals surface area (Å²) in [6.45, 7) is 3.07. The molecule has 1 heterocycles. The molecule has 1 atom stereocenters. The number of carbonyl (C=O) groups is 1. The highest BCUT2D eigenvalue weighted by Crippen LogP contribution is 2.21. The number of urea groups is 1. The molecule has 0 saturated heterocycles. The summed E-state index contributed by atoms with van der Waals surface area (Å²) in [5.41, 5.74) is 2.17. The maximum absolute atomic E-state index is 13.3. The summed E-state index contributed by atoms with van der Waals surface area (Å²) in [4.78, 5) is 12.2. The fourth-order valence-electron chi connectivity index (χ4n) is 2.89. The highest BCUT2D eigenvalue weighted by molar-refractivity contribution is 5.93. The lowest BCUT2D eigenvalue weighted by atomic mass is 10.1. The molecule has 1 aromatic heterocycles. The number of halogens is 2. The van der Waals surface area contributed by atoms with Crippen molar-refractivity contribution in [3.05, 3.63) is 65.9 Å². The molecule has 3 aromatic rings. The number of aromatic nitrogens is 1. The molecule has 0 aliphatic heterocycles. The Hall–Kier alpha value is -2.93. The molecule has 7 heteroatoms. The van der Waals surface area contributed by atoms with E-state index in [2.05, 4.69) is 15.2 Å². The van der Waals surface area contributed by atoms with Crippen LogP contribution in [-0.2, 0) is 11.3 Å². The zero-order valence-corrected chi connectivity index (χ0v) is 15.1. The number of benzene rings is 2. The molecule has 0 aliphatic carbocycles. The Morgan fingerprint density at radius 2 is 1.96 bits per heavy atom. The molecule has 1 unspecified atom stereocenters. The fraction of sp³-hybridized carbons (Fsp3) is 0.250. The van der Waals surface area contributed by atoms with Gasteiger partial charge in [0.05, 0.1) is 12.6 Å². The number of amides is 2. The fourth-order valence-corrected chi connectivity index (χ4v) is 2.89. The number of ether oxygens (including phenoxy) is 1. The van der Waals surface area contributed by atoms with E-state index in [1.807, 2.05) is 30.5 Å². The van der Waals surface area contributed by atoms with Gasteiger partial charge in [-0.2, -0.15) is 0 Å². The van der Waals surface area contributed by atoms with E-state index < -0.39 is 23.7 Å². The number of hydrogen-bond acceptors (Lipinski definition) is 2. The molecular weight excluding hydrogens is 352 g/mol. The summed E-state index contributed by atoms with van der Waals surface area (Å²) >= 11 is 0. The quantitative estimate of drug-likeness (QED) is 0.671. The molecular formula is C20H21F2N3O2. The molecule has 0 aliphatic rings. The smallest absolute Gasteiger partial charge is 0.319 e. The zero-order chi connectivity index (χ0) is 19.4. The highest BCUT2D eigenvalue weighted by atomic mass is 19.2. The van der Waals surface area contributed by atoms with Gasteiger partial charge in [-0.25, -0.2) is 13.6 Å². The summed E-state index contributed by atoms with van der Waals surface area (Å²) < 4.78 is 33.5. The van der Waals surface area contributed by atoms with Gasteiger partial charge >= 0.3 is 6.03 Å². The molecule has 27 heavy (non-hydrogen) atoms. The maximum atomic E-state index is 13.3. The van der Waals surface area contributed by atoms with Crippen LogP contribution in [0.5, 0.6) is 0 Å². The Morgan fingerprint density at radius 3 is 2.70 bits per heavy atom. The topological polar surface area (TPSA) is 55.3 Å². The minimum Gasteiger partial charge on any atom is -0.383 e. The molecule has 0 saturated carbocycles. The number of rotatable bonds is 6. The number of fused-ring (bicyclic) bond motifs is 1. The molecule has 3 rings (SSSR count). The first-order valence-corrected chi connectivity index (χ1v) is 8.58. The lowest BCUT2D eigenvalue weighted by Crippen LogP contribution is -2.31. The Kier molecular flexibility index (Phi) is 5.71. The van der Waals surface area contributed by atoms with Crippen molar-refractivity contribution in [2.24, 2.45) is 0 Å². The maximum Gasteiger partial charge on any atom is 0.319 e. The van der Waals surface area contributed by atoms with Gasteiger partial charge in [-0.1, -0.05) is 6.07 Å². The molecule has 0 radical (unpaired) electrons. The van der Waals surface area contributed by atoms with Gasteiger partial charge in [-0.3, -0.25) is 0 Å². The first-order valence-electron chi connectivity index (χ1n) is 8.58. The first kappa shape index (κ1) is 18.8. The normalized spacial score (nSPS) is 12.1. The lowest BCUT2D eigenvalue weighted by Gasteiger charge is -2.15. The molecule has 142 valence electrons. The third-order valence-electron chi connectivity index (χ3n) is 4.36. The van der Waals surface area contributed by atoms with Gasteiger partial charge in [0.2, 0.25) is 0 Å². The average Bonchev–Trinajstić information content (AvgIpc) is 3.04. The van der Waals surface area contributed by atoms with E-state index in [1.165, 1.54) is 6.07 Å². The van der Waals surface area contributed by atoms with E-state index in [4.69, 9.17) is 4.74 Å². The van der Waals surface area contributed by atoms with Crippen LogP contribution >= 0.6 is 0 Å². The number of methoxy groups -OCH3 is 1. The van der Waals surface area contributed by atoms with Crippen LogP contribution in [0.15, 0.2) is 48.7 Å². The van der Waals surface area contributed by atoms with Gasteiger partial charge in [0, 0.05) is 36.4 Å². The van der Waals surface area contributed by atoms with Crippen molar-refractivity contribution in [3.8, 4) is 0 Å². The lowest BCUT2D eigenvalue weighted by molar-refractivity contribution is 0.188. The predicted molar refractivity (Wildman–Crippen MR) is 101 cm³/mol. The number of carbonyl (C=O) groups excluding carboxylic acids is 1. The van der Waals surface area contributed by atoms with Gasteiger partial charge in [-0.05, 0) is 48.9 Å². The van der Waals surface area contributed by atoms with Gasteiger partial charge in [0.1, 0.15) is 0 Å². The highest BCUT2D eigenvalue weighted by Gasteiger charge is 2.12. The molecule has 0 spiro atoms. The van der Waals surface area contributed by atoms with Crippen molar-refractivity contribution >= 4 is 22.6 Å². The van der Waals surface area contributed by atoms with E-state index in [0.717, 1.165) is 29.6 Å². The van der Waals surface area contributed by atoms with Crippen molar-refractivity contribution in [2.75, 3.05) is 19.0 Å². The van der Waals surface area contributed by atoms with Crippen molar-refractivity contribution in [1.29, 1.82) is 0 Å². The molecule has 0 fully saturated rings. The number of nitrogens with zero attached hydrogens (tertiary/aromatic N) is 1. The van der Waals surface area contributed by atoms with Crippen molar-refractivity contribution in [2.45, 2.75) is 19.5 Å². The summed E-state index contributed by atoms with van der Waals surface area (Å²) in [5.74, 6) is -1.86. The van der Waals surface area contributed by atoms with Gasteiger partial charge in [-0.15, -0.1) is 0 Å². The summed E-state index contributed by atoms with van der Waals surface area (Å²) in [6.07, 6.45) is 1.97. The second kappa shape index (κ2) is 8.18. The van der Waals surface area contributed by atoms with Crippen molar-refractivity contribution < 1.29 is 18.3 Å². The van der Waals surface area contributed by atoms with Crippen LogP contribution < -0.4 is 10.6 Å². The van der Waals surface area contributed by atoms with E-state index in [1.54, 1.807) is 14.0 Å². The Morgan fingerprint density at radius 1 is 1.15 bits per heavy atom. The standard InChI is InChI=1S/C20H21F2N3O2/c1-13(14-3-5-17(21)18(22)12-14)23-20(26)24-16-4-6-19-15(11-16)7-8-25(19)9-10-27-2/h3-8,11-13H,9-10H2,1-2H3,(H2,23,24,26). The van der Waals surface area contributed by atoms with E-state index in [0.29, 0.717) is 17.9 Å². The average molecular weight is 373 g/mol. The summed E-state index contributed by atoms with van der Waals surface area (Å²) in [7, 11) is 1.66. The Balaban J connectivity index is 1.65. The molecule has 2 N–H and O–H groups in total. The van der Waals surface area contributed by atoms with Gasteiger partial charge in [0.25, 0.3) is 0 Å². The second-order valence-electron chi connectivity index (χ2n) is 6.27. The van der Waals surface area contributed by atoms with E-state index >= 15 is 0 Å². The number of anilines is 1. The Bertz CT molecular complexity index is 956. The van der Waals surface area contributed by atoms with Crippen LogP contribution in [0.4, 0.5) is 19.3 Å². The van der Waals surface area contributed by atoms with Crippen LogP contribution in [0.3, 0.4) is 0 Å². The first-order chi connectivity index (χ1) is 13.0. The van der Waals surface area contributed by atoms with Crippen LogP contribution in [0, 0.1) is 11.6 Å². The Labute approximate surface area is 155 Å². The van der Waals surface area contributed by atoms with Gasteiger partial charge < -0.3 is 19.9 Å². The number of hydrogen-bond donors (Lipinski definition) is 2. The minimum atomic E-state index is -0.940. The van der Waals surface area contributed by atoms with Crippen molar-refractivity contribution in [1.82, 2.24) is 9.88 Å². The summed E-state index contributed by atoms with van der Waals surface area (Å²) in [5, 5.41) is 6.47. The van der Waals surface area contributed by atoms with Crippen molar-refractivity contribution in [3.63, 3.8) is 0 Å². The van der Waals surface area contributed by atoms with Crippen LogP contribution in [0.1, 0.15) is 18.5 Å².